The lowest BCUT2D eigenvalue weighted by Gasteiger charge is -2.30. The monoisotopic (exact) mass is 271 g/mol. The third-order valence-corrected chi connectivity index (χ3v) is 5.49. The molecule has 0 aromatic carbocycles. The molecule has 2 unspecified atom stereocenters. The van der Waals surface area contributed by atoms with E-state index in [1.807, 2.05) is 0 Å². The van der Waals surface area contributed by atoms with Crippen molar-refractivity contribution in [3.63, 3.8) is 0 Å². The van der Waals surface area contributed by atoms with Gasteiger partial charge in [-0.2, -0.15) is 0 Å². The van der Waals surface area contributed by atoms with Crippen LogP contribution in [0.2, 0.25) is 0 Å². The summed E-state index contributed by atoms with van der Waals surface area (Å²) in [6.07, 6.45) is 11.3. The molecule has 18 heavy (non-hydrogen) atoms. The Kier molecular flexibility index (Phi) is 4.94. The van der Waals surface area contributed by atoms with Gasteiger partial charge >= 0.3 is 0 Å². The molecule has 2 nitrogen and oxygen atoms in total. The largest absolute Gasteiger partial charge is 0.351 e. The van der Waals surface area contributed by atoms with Crippen LogP contribution in [0.5, 0.6) is 0 Å². The number of hydrogen-bond donors (Lipinski definition) is 1. The van der Waals surface area contributed by atoms with Gasteiger partial charge in [-0.15, -0.1) is 11.6 Å². The van der Waals surface area contributed by atoms with E-state index >= 15 is 0 Å². The predicted molar refractivity (Wildman–Crippen MR) is 75.8 cm³/mol. The first-order valence-electron chi connectivity index (χ1n) is 7.63. The normalized spacial score (nSPS) is 31.9. The Hall–Kier alpha value is -0.240. The van der Waals surface area contributed by atoms with Gasteiger partial charge < -0.3 is 5.32 Å². The quantitative estimate of drug-likeness (QED) is 0.610. The molecule has 0 spiro atoms. The molecule has 2 aliphatic carbocycles. The molecular weight excluding hydrogens is 246 g/mol. The number of alkyl halides is 1. The van der Waals surface area contributed by atoms with Gasteiger partial charge in [0.05, 0.1) is 5.38 Å². The molecule has 2 atom stereocenters. The summed E-state index contributed by atoms with van der Waals surface area (Å²) >= 11 is 6.41. The van der Waals surface area contributed by atoms with E-state index in [-0.39, 0.29) is 22.7 Å². The Labute approximate surface area is 116 Å². The fourth-order valence-corrected chi connectivity index (χ4v) is 3.88. The molecular formula is C15H26ClNO. The summed E-state index contributed by atoms with van der Waals surface area (Å²) in [6.45, 7) is 2.15. The minimum Gasteiger partial charge on any atom is -0.351 e. The molecule has 0 heterocycles. The van der Waals surface area contributed by atoms with Crippen LogP contribution in [0, 0.1) is 5.41 Å². The van der Waals surface area contributed by atoms with Crippen molar-refractivity contribution in [3.05, 3.63) is 0 Å². The fraction of sp³-hybridized carbons (Fsp3) is 0.933. The van der Waals surface area contributed by atoms with E-state index in [1.165, 1.54) is 32.1 Å². The van der Waals surface area contributed by atoms with Crippen molar-refractivity contribution in [1.29, 1.82) is 0 Å². The molecule has 0 aliphatic heterocycles. The SMILES string of the molecule is CCC1(C(=O)NC2CCCCCC2Cl)CCCC1. The van der Waals surface area contributed by atoms with E-state index in [2.05, 4.69) is 12.2 Å². The highest BCUT2D eigenvalue weighted by molar-refractivity contribution is 6.21. The molecule has 1 amide bonds. The molecule has 2 rings (SSSR count). The molecule has 2 fully saturated rings. The van der Waals surface area contributed by atoms with Gasteiger partial charge in [0.2, 0.25) is 5.91 Å². The average molecular weight is 272 g/mol. The first-order chi connectivity index (χ1) is 8.68. The highest BCUT2D eigenvalue weighted by Crippen LogP contribution is 2.41. The Morgan fingerprint density at radius 3 is 2.50 bits per heavy atom. The van der Waals surface area contributed by atoms with Crippen LogP contribution in [0.15, 0.2) is 0 Å². The summed E-state index contributed by atoms with van der Waals surface area (Å²) in [6, 6.07) is 0.200. The molecule has 1 N–H and O–H groups in total. The van der Waals surface area contributed by atoms with Crippen molar-refractivity contribution in [2.75, 3.05) is 0 Å². The van der Waals surface area contributed by atoms with Gasteiger partial charge in [0.25, 0.3) is 0 Å². The minimum atomic E-state index is -0.0804. The van der Waals surface area contributed by atoms with Crippen molar-refractivity contribution < 1.29 is 4.79 Å². The molecule has 104 valence electrons. The Morgan fingerprint density at radius 1 is 1.17 bits per heavy atom. The lowest BCUT2D eigenvalue weighted by Crippen LogP contribution is -2.47. The fourth-order valence-electron chi connectivity index (χ4n) is 3.54. The van der Waals surface area contributed by atoms with Crippen molar-refractivity contribution in [2.45, 2.75) is 82.6 Å². The summed E-state index contributed by atoms with van der Waals surface area (Å²) in [4.78, 5) is 12.6. The first kappa shape index (κ1) is 14.2. The molecule has 2 saturated carbocycles. The first-order valence-corrected chi connectivity index (χ1v) is 8.07. The summed E-state index contributed by atoms with van der Waals surface area (Å²) < 4.78 is 0. The molecule has 0 aromatic rings. The van der Waals surface area contributed by atoms with Gasteiger partial charge in [0, 0.05) is 11.5 Å². The lowest BCUT2D eigenvalue weighted by atomic mass is 9.82. The number of halogens is 1. The number of nitrogens with one attached hydrogen (secondary N) is 1. The van der Waals surface area contributed by atoms with Gasteiger partial charge in [-0.1, -0.05) is 39.0 Å². The van der Waals surface area contributed by atoms with Crippen molar-refractivity contribution in [2.24, 2.45) is 5.41 Å². The molecule has 2 aliphatic rings. The zero-order valence-electron chi connectivity index (χ0n) is 11.5. The van der Waals surface area contributed by atoms with Gasteiger partial charge in [-0.25, -0.2) is 0 Å². The number of amides is 1. The molecule has 0 bridgehead atoms. The van der Waals surface area contributed by atoms with Gasteiger partial charge in [0.1, 0.15) is 0 Å². The Bertz CT molecular complexity index is 286. The van der Waals surface area contributed by atoms with Crippen LogP contribution in [0.25, 0.3) is 0 Å². The van der Waals surface area contributed by atoms with Gasteiger partial charge in [-0.3, -0.25) is 4.79 Å². The van der Waals surface area contributed by atoms with Crippen LogP contribution in [0.1, 0.15) is 71.1 Å². The predicted octanol–water partition coefficient (Wildman–Crippen LogP) is 4.01. The van der Waals surface area contributed by atoms with Crippen LogP contribution in [0.3, 0.4) is 0 Å². The van der Waals surface area contributed by atoms with Crippen LogP contribution in [-0.4, -0.2) is 17.3 Å². The van der Waals surface area contributed by atoms with E-state index in [9.17, 15) is 4.79 Å². The van der Waals surface area contributed by atoms with E-state index < -0.39 is 0 Å². The van der Waals surface area contributed by atoms with Gasteiger partial charge in [0.15, 0.2) is 0 Å². The van der Waals surface area contributed by atoms with Crippen LogP contribution < -0.4 is 5.32 Å². The second-order valence-corrected chi connectivity index (χ2v) is 6.64. The number of carbonyl (C=O) groups is 1. The summed E-state index contributed by atoms with van der Waals surface area (Å²) in [5, 5.41) is 3.40. The number of carbonyl (C=O) groups excluding carboxylic acids is 1. The zero-order valence-corrected chi connectivity index (χ0v) is 12.3. The maximum absolute atomic E-state index is 12.6. The van der Waals surface area contributed by atoms with E-state index in [0.29, 0.717) is 0 Å². The smallest absolute Gasteiger partial charge is 0.226 e. The van der Waals surface area contributed by atoms with Crippen LogP contribution in [0.4, 0.5) is 0 Å². The Balaban J connectivity index is 1.96. The topological polar surface area (TPSA) is 29.1 Å². The molecule has 0 radical (unpaired) electrons. The van der Waals surface area contributed by atoms with Crippen molar-refractivity contribution >= 4 is 17.5 Å². The number of hydrogen-bond acceptors (Lipinski definition) is 1. The highest BCUT2D eigenvalue weighted by Gasteiger charge is 2.40. The molecule has 0 aromatic heterocycles. The Morgan fingerprint density at radius 2 is 1.83 bits per heavy atom. The average Bonchev–Trinajstić information content (AvgIpc) is 2.78. The standard InChI is InChI=1S/C15H26ClNO/c1-2-15(10-6-7-11-15)14(18)17-13-9-5-3-4-8-12(13)16/h12-13H,2-11H2,1H3,(H,17,18). The third-order valence-electron chi connectivity index (χ3n) is 4.97. The summed E-state index contributed by atoms with van der Waals surface area (Å²) in [5.41, 5.74) is -0.0804. The van der Waals surface area contributed by atoms with E-state index in [0.717, 1.165) is 32.1 Å². The van der Waals surface area contributed by atoms with Crippen LogP contribution >= 0.6 is 11.6 Å². The second-order valence-electron chi connectivity index (χ2n) is 6.07. The maximum atomic E-state index is 12.6. The highest BCUT2D eigenvalue weighted by atomic mass is 35.5. The van der Waals surface area contributed by atoms with Crippen LogP contribution in [-0.2, 0) is 4.79 Å². The van der Waals surface area contributed by atoms with Crippen molar-refractivity contribution in [3.8, 4) is 0 Å². The zero-order chi connectivity index (χ0) is 13.0. The molecule has 3 heteroatoms. The molecule has 0 saturated heterocycles. The van der Waals surface area contributed by atoms with E-state index in [1.54, 1.807) is 0 Å². The number of rotatable bonds is 3. The lowest BCUT2D eigenvalue weighted by molar-refractivity contribution is -0.131. The minimum absolute atomic E-state index is 0.0804. The maximum Gasteiger partial charge on any atom is 0.226 e. The van der Waals surface area contributed by atoms with Gasteiger partial charge in [-0.05, 0) is 32.1 Å². The third kappa shape index (κ3) is 3.01. The van der Waals surface area contributed by atoms with E-state index in [4.69, 9.17) is 11.6 Å². The van der Waals surface area contributed by atoms with Crippen molar-refractivity contribution in [1.82, 2.24) is 5.32 Å². The second kappa shape index (κ2) is 6.27. The summed E-state index contributed by atoms with van der Waals surface area (Å²) in [5.74, 6) is 0.278. The summed E-state index contributed by atoms with van der Waals surface area (Å²) in [7, 11) is 0.